The first kappa shape index (κ1) is 21.9. The van der Waals surface area contributed by atoms with Crippen LogP contribution in [0.15, 0.2) is 23.0 Å². The fourth-order valence-corrected chi connectivity index (χ4v) is 5.32. The molecule has 0 aliphatic heterocycles. The van der Waals surface area contributed by atoms with Crippen LogP contribution in [-0.4, -0.2) is 37.8 Å². The van der Waals surface area contributed by atoms with Crippen molar-refractivity contribution in [2.45, 2.75) is 83.8 Å². The summed E-state index contributed by atoms with van der Waals surface area (Å²) in [6.45, 7) is 6.02. The standard InChI is InChI=1S/C26H32N4O3/c1-14(2)20-12-16-11-18(30-22-5-4-6-23(32)24(22)15(3)29-30)13-21(25(16)26(33)28-20)27-17-7-9-19(31)10-8-17/h11-14,17,19,27,31H,4-10H2,1-3H3,(H,28,33)/t17-,19-. The largest absolute Gasteiger partial charge is 0.393 e. The maximum Gasteiger partial charge on any atom is 0.258 e. The Balaban J connectivity index is 1.68. The van der Waals surface area contributed by atoms with Crippen molar-refractivity contribution < 1.29 is 9.90 Å². The highest BCUT2D eigenvalue weighted by Crippen LogP contribution is 2.32. The van der Waals surface area contributed by atoms with Gasteiger partial charge in [-0.05, 0) is 75.0 Å². The lowest BCUT2D eigenvalue weighted by Gasteiger charge is -2.28. The number of pyridine rings is 1. The number of hydrogen-bond donors (Lipinski definition) is 3. The lowest BCUT2D eigenvalue weighted by molar-refractivity contribution is 0.0971. The molecule has 33 heavy (non-hydrogen) atoms. The quantitative estimate of drug-likeness (QED) is 0.550. The lowest BCUT2D eigenvalue weighted by atomic mass is 9.92. The van der Waals surface area contributed by atoms with E-state index in [2.05, 4.69) is 30.2 Å². The number of nitrogens with zero attached hydrogens (tertiary/aromatic N) is 2. The van der Waals surface area contributed by atoms with Crippen LogP contribution in [0.2, 0.25) is 0 Å². The van der Waals surface area contributed by atoms with Gasteiger partial charge >= 0.3 is 0 Å². The lowest BCUT2D eigenvalue weighted by Crippen LogP contribution is -2.29. The Kier molecular flexibility index (Phi) is 5.60. The predicted molar refractivity (Wildman–Crippen MR) is 130 cm³/mol. The molecular weight excluding hydrogens is 416 g/mol. The average Bonchev–Trinajstić information content (AvgIpc) is 3.12. The number of rotatable bonds is 4. The highest BCUT2D eigenvalue weighted by atomic mass is 16.3. The van der Waals surface area contributed by atoms with E-state index in [0.29, 0.717) is 11.8 Å². The number of aliphatic hydroxyl groups is 1. The molecule has 0 atom stereocenters. The van der Waals surface area contributed by atoms with Crippen molar-refractivity contribution in [2.24, 2.45) is 0 Å². The van der Waals surface area contributed by atoms with Crippen molar-refractivity contribution in [3.05, 3.63) is 51.2 Å². The molecule has 1 saturated carbocycles. The summed E-state index contributed by atoms with van der Waals surface area (Å²) >= 11 is 0. The number of hydrogen-bond acceptors (Lipinski definition) is 5. The molecule has 174 valence electrons. The van der Waals surface area contributed by atoms with E-state index in [1.165, 1.54) is 0 Å². The van der Waals surface area contributed by atoms with Gasteiger partial charge in [0, 0.05) is 23.8 Å². The molecule has 2 heterocycles. The van der Waals surface area contributed by atoms with Gasteiger partial charge in [-0.3, -0.25) is 9.59 Å². The molecule has 0 saturated heterocycles. The third-order valence-electron chi connectivity index (χ3n) is 7.12. The summed E-state index contributed by atoms with van der Waals surface area (Å²) in [6, 6.07) is 6.25. The number of anilines is 1. The zero-order valence-electron chi connectivity index (χ0n) is 19.6. The second-order valence-electron chi connectivity index (χ2n) is 9.91. The van der Waals surface area contributed by atoms with Crippen LogP contribution in [0.4, 0.5) is 5.69 Å². The minimum absolute atomic E-state index is 0.102. The summed E-state index contributed by atoms with van der Waals surface area (Å²) in [5.74, 6) is 0.359. The molecule has 3 N–H and O–H groups in total. The SMILES string of the molecule is Cc1nn(-c2cc(N[C@H]3CC[C@H](O)CC3)c3c(=O)[nH]c(C(C)C)cc3c2)c2c1C(=O)CCC2. The van der Waals surface area contributed by atoms with Gasteiger partial charge in [0.15, 0.2) is 5.78 Å². The highest BCUT2D eigenvalue weighted by Gasteiger charge is 2.27. The summed E-state index contributed by atoms with van der Waals surface area (Å²) in [5.41, 5.74) is 4.92. The normalized spacial score (nSPS) is 20.9. The summed E-state index contributed by atoms with van der Waals surface area (Å²) in [6.07, 6.45) is 5.23. The number of carbonyl (C=O) groups is 1. The molecule has 2 aliphatic rings. The number of aryl methyl sites for hydroxylation is 1. The maximum atomic E-state index is 13.1. The van der Waals surface area contributed by atoms with Crippen molar-refractivity contribution in [1.29, 1.82) is 0 Å². The van der Waals surface area contributed by atoms with Gasteiger partial charge in [-0.25, -0.2) is 4.68 Å². The molecule has 5 rings (SSSR count). The Hall–Kier alpha value is -2.93. The van der Waals surface area contributed by atoms with E-state index in [9.17, 15) is 14.7 Å². The van der Waals surface area contributed by atoms with E-state index in [-0.39, 0.29) is 29.4 Å². The second kappa shape index (κ2) is 8.45. The average molecular weight is 449 g/mol. The number of carbonyl (C=O) groups excluding carboxylic acids is 1. The Morgan fingerprint density at radius 2 is 1.88 bits per heavy atom. The Morgan fingerprint density at radius 1 is 1.12 bits per heavy atom. The molecule has 7 heteroatoms. The van der Waals surface area contributed by atoms with E-state index in [0.717, 1.165) is 77.9 Å². The number of aliphatic hydroxyl groups excluding tert-OH is 1. The number of aromatic amines is 1. The Labute approximate surface area is 193 Å². The minimum atomic E-state index is -0.237. The summed E-state index contributed by atoms with van der Waals surface area (Å²) in [5, 5.41) is 19.8. The van der Waals surface area contributed by atoms with Gasteiger partial charge in [-0.2, -0.15) is 5.10 Å². The zero-order chi connectivity index (χ0) is 23.3. The topological polar surface area (TPSA) is 100 Å². The third-order valence-corrected chi connectivity index (χ3v) is 7.12. The molecule has 7 nitrogen and oxygen atoms in total. The Bertz CT molecular complexity index is 1280. The molecule has 0 amide bonds. The first-order valence-electron chi connectivity index (χ1n) is 12.1. The van der Waals surface area contributed by atoms with E-state index in [1.54, 1.807) is 0 Å². The molecule has 2 aromatic heterocycles. The van der Waals surface area contributed by atoms with Crippen LogP contribution >= 0.6 is 0 Å². The molecule has 1 aromatic carbocycles. The molecular formula is C26H32N4O3. The highest BCUT2D eigenvalue weighted by molar-refractivity contribution is 5.99. The molecule has 0 bridgehead atoms. The number of fused-ring (bicyclic) bond motifs is 2. The molecule has 0 spiro atoms. The summed E-state index contributed by atoms with van der Waals surface area (Å²) in [7, 11) is 0. The molecule has 0 unspecified atom stereocenters. The minimum Gasteiger partial charge on any atom is -0.393 e. The fourth-order valence-electron chi connectivity index (χ4n) is 5.32. The molecule has 2 aliphatic carbocycles. The zero-order valence-corrected chi connectivity index (χ0v) is 19.6. The van der Waals surface area contributed by atoms with E-state index < -0.39 is 0 Å². The van der Waals surface area contributed by atoms with Crippen LogP contribution in [-0.2, 0) is 6.42 Å². The van der Waals surface area contributed by atoms with Crippen molar-refractivity contribution in [3.8, 4) is 5.69 Å². The van der Waals surface area contributed by atoms with Gasteiger partial charge in [0.05, 0.1) is 34.1 Å². The van der Waals surface area contributed by atoms with Crippen LogP contribution < -0.4 is 10.9 Å². The number of H-pyrrole nitrogens is 1. The Morgan fingerprint density at radius 3 is 2.61 bits per heavy atom. The number of nitrogens with one attached hydrogen (secondary N) is 2. The van der Waals surface area contributed by atoms with E-state index >= 15 is 0 Å². The van der Waals surface area contributed by atoms with Crippen molar-refractivity contribution >= 4 is 22.2 Å². The maximum absolute atomic E-state index is 13.1. The van der Waals surface area contributed by atoms with Crippen LogP contribution in [0.25, 0.3) is 16.5 Å². The predicted octanol–water partition coefficient (Wildman–Crippen LogP) is 4.38. The monoisotopic (exact) mass is 448 g/mol. The fraction of sp³-hybridized carbons (Fsp3) is 0.500. The van der Waals surface area contributed by atoms with Crippen molar-refractivity contribution in [1.82, 2.24) is 14.8 Å². The van der Waals surface area contributed by atoms with Gasteiger partial charge in [-0.15, -0.1) is 0 Å². The molecule has 1 fully saturated rings. The summed E-state index contributed by atoms with van der Waals surface area (Å²) < 4.78 is 1.90. The van der Waals surface area contributed by atoms with Crippen molar-refractivity contribution in [2.75, 3.05) is 5.32 Å². The van der Waals surface area contributed by atoms with Gasteiger partial charge in [-0.1, -0.05) is 13.8 Å². The van der Waals surface area contributed by atoms with Gasteiger partial charge < -0.3 is 15.4 Å². The van der Waals surface area contributed by atoms with Gasteiger partial charge in [0.2, 0.25) is 0 Å². The van der Waals surface area contributed by atoms with E-state index in [1.807, 2.05) is 23.7 Å². The first-order valence-corrected chi connectivity index (χ1v) is 12.1. The number of benzene rings is 1. The van der Waals surface area contributed by atoms with Gasteiger partial charge in [0.1, 0.15) is 0 Å². The first-order chi connectivity index (χ1) is 15.8. The second-order valence-corrected chi connectivity index (χ2v) is 9.91. The van der Waals surface area contributed by atoms with Crippen LogP contribution in [0.5, 0.6) is 0 Å². The summed E-state index contributed by atoms with van der Waals surface area (Å²) in [4.78, 5) is 28.7. The van der Waals surface area contributed by atoms with Crippen LogP contribution in [0, 0.1) is 6.92 Å². The van der Waals surface area contributed by atoms with Gasteiger partial charge in [0.25, 0.3) is 5.56 Å². The van der Waals surface area contributed by atoms with Crippen molar-refractivity contribution in [3.63, 3.8) is 0 Å². The van der Waals surface area contributed by atoms with Crippen LogP contribution in [0.1, 0.15) is 85.7 Å². The number of ketones is 1. The van der Waals surface area contributed by atoms with E-state index in [4.69, 9.17) is 5.10 Å². The number of Topliss-reactive ketones (excluding diaryl/α,β-unsaturated/α-hetero) is 1. The third kappa shape index (κ3) is 3.99. The molecule has 3 aromatic rings. The smallest absolute Gasteiger partial charge is 0.258 e. The van der Waals surface area contributed by atoms with Crippen LogP contribution in [0.3, 0.4) is 0 Å². The number of aromatic nitrogens is 3. The molecule has 0 radical (unpaired) electrons.